The number of anilines is 1. The third-order valence-corrected chi connectivity index (χ3v) is 4.59. The van der Waals surface area contributed by atoms with Crippen molar-refractivity contribution in [1.82, 2.24) is 10.3 Å². The van der Waals surface area contributed by atoms with Crippen LogP contribution in [0.3, 0.4) is 0 Å². The summed E-state index contributed by atoms with van der Waals surface area (Å²) in [5.74, 6) is -2.30. The number of aliphatic hydroxyl groups excluding tert-OH is 1. The number of aryl methyl sites for hydroxylation is 1. The Bertz CT molecular complexity index is 1030. The third kappa shape index (κ3) is 3.39. The standard InChI is InChI=1S/C19H19FN4O4/c1-8-14(6-12-11-5-10(20)3-4-13(11)23-18(12)27)22-9(2)16(8)19(28)24-15(7-25)17(21)26/h3-6,15,22,25H,7H2,1-2H3,(H2,21,26)(H,23,27)(H,24,28)/b12-6-. The van der Waals surface area contributed by atoms with Gasteiger partial charge >= 0.3 is 0 Å². The monoisotopic (exact) mass is 386 g/mol. The highest BCUT2D eigenvalue weighted by molar-refractivity contribution is 6.34. The number of aliphatic hydroxyl groups is 1. The van der Waals surface area contributed by atoms with Gasteiger partial charge in [0.1, 0.15) is 11.9 Å². The summed E-state index contributed by atoms with van der Waals surface area (Å²) in [4.78, 5) is 39.0. The summed E-state index contributed by atoms with van der Waals surface area (Å²) in [6.07, 6.45) is 1.54. The lowest BCUT2D eigenvalue weighted by molar-refractivity contribution is -0.120. The number of aromatic nitrogens is 1. The lowest BCUT2D eigenvalue weighted by atomic mass is 10.0. The van der Waals surface area contributed by atoms with E-state index in [0.29, 0.717) is 28.2 Å². The Morgan fingerprint density at radius 2 is 2.07 bits per heavy atom. The molecule has 146 valence electrons. The maximum Gasteiger partial charge on any atom is 0.256 e. The van der Waals surface area contributed by atoms with Crippen molar-refractivity contribution in [2.75, 3.05) is 11.9 Å². The van der Waals surface area contributed by atoms with E-state index in [1.807, 2.05) is 0 Å². The molecule has 3 amide bonds. The Morgan fingerprint density at radius 1 is 1.36 bits per heavy atom. The molecular weight excluding hydrogens is 367 g/mol. The first kappa shape index (κ1) is 19.3. The van der Waals surface area contributed by atoms with E-state index in [1.54, 1.807) is 13.8 Å². The molecule has 0 saturated heterocycles. The summed E-state index contributed by atoms with van der Waals surface area (Å²) in [7, 11) is 0. The number of hydrogen-bond acceptors (Lipinski definition) is 4. The highest BCUT2D eigenvalue weighted by Crippen LogP contribution is 2.34. The van der Waals surface area contributed by atoms with Crippen molar-refractivity contribution < 1.29 is 23.9 Å². The van der Waals surface area contributed by atoms with Crippen LogP contribution < -0.4 is 16.4 Å². The van der Waals surface area contributed by atoms with E-state index in [4.69, 9.17) is 10.8 Å². The van der Waals surface area contributed by atoms with Gasteiger partial charge in [0, 0.05) is 22.6 Å². The van der Waals surface area contributed by atoms with Crippen molar-refractivity contribution in [2.24, 2.45) is 5.73 Å². The van der Waals surface area contributed by atoms with Gasteiger partial charge in [-0.2, -0.15) is 0 Å². The number of primary amides is 1. The van der Waals surface area contributed by atoms with Crippen LogP contribution in [0.4, 0.5) is 10.1 Å². The molecular formula is C19H19FN4O4. The van der Waals surface area contributed by atoms with Gasteiger partial charge in [-0.1, -0.05) is 0 Å². The molecule has 0 saturated carbocycles. The van der Waals surface area contributed by atoms with Crippen LogP contribution in [-0.4, -0.2) is 40.5 Å². The van der Waals surface area contributed by atoms with E-state index in [-0.39, 0.29) is 17.0 Å². The lowest BCUT2D eigenvalue weighted by Crippen LogP contribution is -2.47. The number of rotatable bonds is 5. The molecule has 1 aromatic heterocycles. The highest BCUT2D eigenvalue weighted by Gasteiger charge is 2.27. The number of H-pyrrole nitrogens is 1. The Hall–Kier alpha value is -3.46. The van der Waals surface area contributed by atoms with E-state index in [1.165, 1.54) is 24.3 Å². The fourth-order valence-electron chi connectivity index (χ4n) is 3.14. The van der Waals surface area contributed by atoms with Crippen LogP contribution in [0.15, 0.2) is 18.2 Å². The second-order valence-corrected chi connectivity index (χ2v) is 6.48. The molecule has 1 aliphatic heterocycles. The molecule has 1 aromatic carbocycles. The second kappa shape index (κ2) is 7.28. The highest BCUT2D eigenvalue weighted by atomic mass is 19.1. The summed E-state index contributed by atoms with van der Waals surface area (Å²) in [6, 6.07) is 2.79. The molecule has 0 radical (unpaired) electrons. The molecule has 9 heteroatoms. The van der Waals surface area contributed by atoms with Crippen molar-refractivity contribution >= 4 is 35.1 Å². The van der Waals surface area contributed by atoms with E-state index < -0.39 is 30.3 Å². The normalized spacial score (nSPS) is 15.3. The number of halogens is 1. The first-order chi connectivity index (χ1) is 13.2. The average molecular weight is 386 g/mol. The Labute approximate surface area is 159 Å². The number of aromatic amines is 1. The quantitative estimate of drug-likeness (QED) is 0.486. The zero-order valence-electron chi connectivity index (χ0n) is 15.2. The van der Waals surface area contributed by atoms with Gasteiger partial charge in [-0.15, -0.1) is 0 Å². The fourth-order valence-corrected chi connectivity index (χ4v) is 3.14. The number of hydrogen-bond donors (Lipinski definition) is 5. The predicted octanol–water partition coefficient (Wildman–Crippen LogP) is 0.839. The molecule has 3 rings (SSSR count). The van der Waals surface area contributed by atoms with Crippen LogP contribution in [0, 0.1) is 19.7 Å². The first-order valence-corrected chi connectivity index (χ1v) is 8.46. The number of benzene rings is 1. The van der Waals surface area contributed by atoms with Crippen LogP contribution in [0.25, 0.3) is 11.6 Å². The number of carbonyl (C=O) groups is 3. The molecule has 2 aromatic rings. The number of carbonyl (C=O) groups excluding carboxylic acids is 3. The average Bonchev–Trinajstić information content (AvgIpc) is 3.08. The van der Waals surface area contributed by atoms with E-state index in [9.17, 15) is 18.8 Å². The zero-order valence-corrected chi connectivity index (χ0v) is 15.2. The largest absolute Gasteiger partial charge is 0.394 e. The summed E-state index contributed by atoms with van der Waals surface area (Å²) in [5.41, 5.74) is 8.11. The van der Waals surface area contributed by atoms with Crippen molar-refractivity contribution in [3.63, 3.8) is 0 Å². The van der Waals surface area contributed by atoms with Crippen molar-refractivity contribution in [3.05, 3.63) is 52.1 Å². The van der Waals surface area contributed by atoms with Gasteiger partial charge in [0.25, 0.3) is 11.8 Å². The minimum absolute atomic E-state index is 0.260. The second-order valence-electron chi connectivity index (χ2n) is 6.48. The maximum atomic E-state index is 13.6. The summed E-state index contributed by atoms with van der Waals surface area (Å²) < 4.78 is 13.6. The molecule has 1 unspecified atom stereocenters. The molecule has 0 aliphatic carbocycles. The van der Waals surface area contributed by atoms with Gasteiger partial charge in [0.2, 0.25) is 5.91 Å². The van der Waals surface area contributed by atoms with Crippen molar-refractivity contribution in [3.8, 4) is 0 Å². The van der Waals surface area contributed by atoms with E-state index >= 15 is 0 Å². The fraction of sp³-hybridized carbons (Fsp3) is 0.211. The number of fused-ring (bicyclic) bond motifs is 1. The zero-order chi connectivity index (χ0) is 20.6. The maximum absolute atomic E-state index is 13.6. The minimum Gasteiger partial charge on any atom is -0.394 e. The van der Waals surface area contributed by atoms with E-state index in [2.05, 4.69) is 15.6 Å². The Kier molecular flexibility index (Phi) is 5.02. The molecule has 1 aliphatic rings. The van der Waals surface area contributed by atoms with Crippen LogP contribution in [0.5, 0.6) is 0 Å². The van der Waals surface area contributed by atoms with Gasteiger partial charge in [-0.25, -0.2) is 4.39 Å². The molecule has 2 heterocycles. The van der Waals surface area contributed by atoms with Gasteiger partial charge < -0.3 is 26.5 Å². The van der Waals surface area contributed by atoms with Gasteiger partial charge in [-0.05, 0) is 43.7 Å². The molecule has 0 bridgehead atoms. The Balaban J connectivity index is 1.98. The first-order valence-electron chi connectivity index (χ1n) is 8.46. The van der Waals surface area contributed by atoms with Crippen LogP contribution >= 0.6 is 0 Å². The van der Waals surface area contributed by atoms with E-state index in [0.717, 1.165) is 0 Å². The van der Waals surface area contributed by atoms with Crippen LogP contribution in [0.1, 0.15) is 32.9 Å². The molecule has 6 N–H and O–H groups in total. The van der Waals surface area contributed by atoms with Gasteiger partial charge in [-0.3, -0.25) is 14.4 Å². The minimum atomic E-state index is -1.21. The van der Waals surface area contributed by atoms with Crippen molar-refractivity contribution in [1.29, 1.82) is 0 Å². The topological polar surface area (TPSA) is 137 Å². The Morgan fingerprint density at radius 3 is 2.71 bits per heavy atom. The van der Waals surface area contributed by atoms with Crippen molar-refractivity contribution in [2.45, 2.75) is 19.9 Å². The number of amides is 3. The summed E-state index contributed by atoms with van der Waals surface area (Å²) in [6.45, 7) is 2.70. The SMILES string of the molecule is Cc1[nH]c(/C=C2\C(=O)Nc3ccc(F)cc32)c(C)c1C(=O)NC(CO)C(N)=O. The smallest absolute Gasteiger partial charge is 0.256 e. The molecule has 28 heavy (non-hydrogen) atoms. The summed E-state index contributed by atoms with van der Waals surface area (Å²) >= 11 is 0. The molecule has 8 nitrogen and oxygen atoms in total. The van der Waals surface area contributed by atoms with Gasteiger partial charge in [0.05, 0.1) is 17.7 Å². The molecule has 1 atom stereocenters. The molecule has 0 fully saturated rings. The number of nitrogens with one attached hydrogen (secondary N) is 3. The molecule has 0 spiro atoms. The number of nitrogens with two attached hydrogens (primary N) is 1. The van der Waals surface area contributed by atoms with Crippen LogP contribution in [-0.2, 0) is 9.59 Å². The van der Waals surface area contributed by atoms with Crippen LogP contribution in [0.2, 0.25) is 0 Å². The van der Waals surface area contributed by atoms with Gasteiger partial charge in [0.15, 0.2) is 0 Å². The summed E-state index contributed by atoms with van der Waals surface area (Å²) in [5, 5.41) is 14.2. The predicted molar refractivity (Wildman–Crippen MR) is 101 cm³/mol. The lowest BCUT2D eigenvalue weighted by Gasteiger charge is -2.12. The third-order valence-electron chi connectivity index (χ3n) is 4.59.